The van der Waals surface area contributed by atoms with Crippen molar-refractivity contribution in [3.63, 3.8) is 0 Å². The van der Waals surface area contributed by atoms with Gasteiger partial charge in [0.05, 0.1) is 0 Å². The van der Waals surface area contributed by atoms with Gasteiger partial charge in [0.1, 0.15) is 0 Å². The maximum Gasteiger partial charge on any atom is 0.0492 e. The maximum absolute atomic E-state index is 2.69. The first-order chi connectivity index (χ1) is 31.0. The van der Waals surface area contributed by atoms with Crippen molar-refractivity contribution in [3.05, 3.63) is 206 Å². The van der Waals surface area contributed by atoms with Crippen molar-refractivity contribution in [2.75, 3.05) is 4.90 Å². The van der Waals surface area contributed by atoms with Crippen LogP contribution in [0.2, 0.25) is 0 Å². The molecule has 3 atom stereocenters. The number of fused-ring (bicyclic) bond motifs is 5. The monoisotopic (exact) mass is 805 g/mol. The van der Waals surface area contributed by atoms with E-state index in [4.69, 9.17) is 0 Å². The molecule has 1 aliphatic heterocycles. The third kappa shape index (κ3) is 5.42. The normalized spacial score (nSPS) is 18.5. The van der Waals surface area contributed by atoms with Crippen LogP contribution < -0.4 is 4.90 Å². The summed E-state index contributed by atoms with van der Waals surface area (Å²) in [5.41, 5.74) is 14.4. The van der Waals surface area contributed by atoms with Crippen molar-refractivity contribution >= 4 is 65.2 Å². The summed E-state index contributed by atoms with van der Waals surface area (Å²) < 4.78 is 0. The van der Waals surface area contributed by atoms with Crippen LogP contribution in [0.4, 0.5) is 11.4 Å². The van der Waals surface area contributed by atoms with Crippen molar-refractivity contribution in [1.29, 1.82) is 0 Å². The predicted octanol–water partition coefficient (Wildman–Crippen LogP) is 17.4. The van der Waals surface area contributed by atoms with Gasteiger partial charge in [-0.25, -0.2) is 0 Å². The van der Waals surface area contributed by atoms with E-state index in [1.807, 2.05) is 0 Å². The van der Waals surface area contributed by atoms with Crippen LogP contribution >= 0.6 is 0 Å². The Kier molecular flexibility index (Phi) is 8.04. The number of nitrogens with zero attached hydrogens (tertiary/aromatic N) is 1. The molecule has 11 aromatic rings. The SMILES string of the molecule is CC1CCC2(C)C(C1)c1cc(-c3cc(-c4cccc5ccccc45)c4ccc5c(-c6ccccc6)cc(-c6cccc7ccccc67)c6ccc3c4c56)ccc1N2c1ccccc1. The minimum absolute atomic E-state index is 0.0252. The highest BCUT2D eigenvalue weighted by Gasteiger charge is 2.51. The van der Waals surface area contributed by atoms with Gasteiger partial charge in [0.15, 0.2) is 0 Å². The summed E-state index contributed by atoms with van der Waals surface area (Å²) in [5.74, 6) is 1.14. The molecule has 1 nitrogen and oxygen atoms in total. The van der Waals surface area contributed by atoms with Crippen LogP contribution in [0.5, 0.6) is 0 Å². The van der Waals surface area contributed by atoms with E-state index in [2.05, 4.69) is 219 Å². The zero-order valence-corrected chi connectivity index (χ0v) is 35.8. The molecule has 13 rings (SSSR count). The van der Waals surface area contributed by atoms with Crippen LogP contribution in [0, 0.1) is 5.92 Å². The number of benzene rings is 11. The Morgan fingerprint density at radius 3 is 1.54 bits per heavy atom. The number of para-hydroxylation sites is 1. The van der Waals surface area contributed by atoms with Crippen molar-refractivity contribution in [2.45, 2.75) is 44.6 Å². The first-order valence-corrected chi connectivity index (χ1v) is 22.8. The molecule has 63 heavy (non-hydrogen) atoms. The third-order valence-corrected chi connectivity index (χ3v) is 15.2. The van der Waals surface area contributed by atoms with Gasteiger partial charge in [-0.2, -0.15) is 0 Å². The summed E-state index contributed by atoms with van der Waals surface area (Å²) in [6.07, 6.45) is 3.64. The summed E-state index contributed by atoms with van der Waals surface area (Å²) in [4.78, 5) is 2.69. The molecule has 2 aliphatic rings. The van der Waals surface area contributed by atoms with Crippen LogP contribution in [-0.2, 0) is 0 Å². The number of hydrogen-bond acceptors (Lipinski definition) is 1. The summed E-state index contributed by atoms with van der Waals surface area (Å²) >= 11 is 0. The molecule has 0 radical (unpaired) electrons. The molecule has 300 valence electrons. The molecule has 0 N–H and O–H groups in total. The van der Waals surface area contributed by atoms with E-state index in [-0.39, 0.29) is 5.54 Å². The molecule has 1 fully saturated rings. The lowest BCUT2D eigenvalue weighted by molar-refractivity contribution is 0.237. The second-order valence-corrected chi connectivity index (χ2v) is 18.7. The van der Waals surface area contributed by atoms with Gasteiger partial charge in [0, 0.05) is 22.8 Å². The van der Waals surface area contributed by atoms with E-state index >= 15 is 0 Å². The predicted molar refractivity (Wildman–Crippen MR) is 270 cm³/mol. The van der Waals surface area contributed by atoms with Gasteiger partial charge in [-0.05, 0) is 172 Å². The van der Waals surface area contributed by atoms with E-state index in [0.29, 0.717) is 11.8 Å². The fraction of sp³-hybridized carbons (Fsp3) is 0.129. The largest absolute Gasteiger partial charge is 0.335 e. The first-order valence-electron chi connectivity index (χ1n) is 22.8. The Balaban J connectivity index is 1.15. The lowest BCUT2D eigenvalue weighted by Crippen LogP contribution is -2.46. The Morgan fingerprint density at radius 2 is 0.937 bits per heavy atom. The third-order valence-electron chi connectivity index (χ3n) is 15.2. The van der Waals surface area contributed by atoms with Gasteiger partial charge < -0.3 is 4.90 Å². The fourth-order valence-electron chi connectivity index (χ4n) is 12.2. The molecule has 1 heteroatoms. The van der Waals surface area contributed by atoms with E-state index in [0.717, 1.165) is 0 Å². The van der Waals surface area contributed by atoms with Gasteiger partial charge in [0.2, 0.25) is 0 Å². The van der Waals surface area contributed by atoms with E-state index < -0.39 is 0 Å². The highest BCUT2D eigenvalue weighted by Crippen LogP contribution is 2.59. The second-order valence-electron chi connectivity index (χ2n) is 18.7. The minimum Gasteiger partial charge on any atom is -0.335 e. The zero-order valence-electron chi connectivity index (χ0n) is 35.8. The maximum atomic E-state index is 2.69. The Labute approximate surface area is 369 Å². The summed E-state index contributed by atoms with van der Waals surface area (Å²) in [6.45, 7) is 4.99. The van der Waals surface area contributed by atoms with Crippen molar-refractivity contribution in [3.8, 4) is 44.5 Å². The van der Waals surface area contributed by atoms with Gasteiger partial charge in [-0.1, -0.05) is 171 Å². The molecule has 0 amide bonds. The van der Waals surface area contributed by atoms with E-state index in [1.165, 1.54) is 135 Å². The molecule has 1 heterocycles. The number of rotatable bonds is 5. The molecule has 3 unspecified atom stereocenters. The average molecular weight is 806 g/mol. The average Bonchev–Trinajstić information content (AvgIpc) is 3.60. The Bertz CT molecular complexity index is 3570. The zero-order chi connectivity index (χ0) is 41.8. The quantitative estimate of drug-likeness (QED) is 0.157. The van der Waals surface area contributed by atoms with Crippen LogP contribution in [0.15, 0.2) is 200 Å². The molecule has 1 saturated carbocycles. The highest BCUT2D eigenvalue weighted by molar-refractivity contribution is 6.32. The molecule has 11 aromatic carbocycles. The Morgan fingerprint density at radius 1 is 0.429 bits per heavy atom. The van der Waals surface area contributed by atoms with Crippen molar-refractivity contribution in [2.24, 2.45) is 5.92 Å². The molecule has 0 spiro atoms. The lowest BCUT2D eigenvalue weighted by atomic mass is 9.69. The summed E-state index contributed by atoms with van der Waals surface area (Å²) in [7, 11) is 0. The van der Waals surface area contributed by atoms with Crippen molar-refractivity contribution in [1.82, 2.24) is 0 Å². The number of hydrogen-bond donors (Lipinski definition) is 0. The van der Waals surface area contributed by atoms with E-state index in [9.17, 15) is 0 Å². The fourth-order valence-corrected chi connectivity index (χ4v) is 12.2. The van der Waals surface area contributed by atoms with Gasteiger partial charge >= 0.3 is 0 Å². The van der Waals surface area contributed by atoms with Crippen LogP contribution in [-0.4, -0.2) is 5.54 Å². The standard InChI is InChI=1S/C62H47N/c1-39-33-34-62(2)58(35-39)57-36-43(27-32-59(57)63(62)44-21-7-4-8-22-44)54-38-56(48-26-14-20-41-18-10-12-24-46(41)48)52-30-28-49-53(42-15-5-3-6-16-42)37-55(51-31-29-50(54)61(52)60(49)51)47-25-13-19-40-17-9-11-23-45(40)47/h3-32,36-39,58H,33-35H2,1-2H3. The molecular formula is C62H47N. The summed E-state index contributed by atoms with van der Waals surface area (Å²) in [6, 6.07) is 75.7. The van der Waals surface area contributed by atoms with Gasteiger partial charge in [-0.3, -0.25) is 0 Å². The molecule has 0 saturated heterocycles. The van der Waals surface area contributed by atoms with Gasteiger partial charge in [-0.15, -0.1) is 0 Å². The summed E-state index contributed by atoms with van der Waals surface area (Å²) in [5, 5.41) is 12.9. The molecule has 1 aliphatic carbocycles. The highest BCUT2D eigenvalue weighted by atomic mass is 15.2. The van der Waals surface area contributed by atoms with E-state index in [1.54, 1.807) is 0 Å². The molecular weight excluding hydrogens is 759 g/mol. The van der Waals surface area contributed by atoms with Crippen LogP contribution in [0.25, 0.3) is 98.4 Å². The van der Waals surface area contributed by atoms with Crippen molar-refractivity contribution < 1.29 is 0 Å². The topological polar surface area (TPSA) is 3.24 Å². The number of anilines is 2. The minimum atomic E-state index is 0.0252. The first kappa shape index (κ1) is 36.4. The molecule has 0 bridgehead atoms. The van der Waals surface area contributed by atoms with Crippen LogP contribution in [0.3, 0.4) is 0 Å². The van der Waals surface area contributed by atoms with Gasteiger partial charge in [0.25, 0.3) is 0 Å². The lowest BCUT2D eigenvalue weighted by Gasteiger charge is -2.45. The second kappa shape index (κ2) is 13.9. The smallest absolute Gasteiger partial charge is 0.0492 e. The molecule has 0 aromatic heterocycles. The Hall–Kier alpha value is -7.22. The van der Waals surface area contributed by atoms with Crippen LogP contribution in [0.1, 0.15) is 44.6 Å².